The second-order valence-corrected chi connectivity index (χ2v) is 4.29. The van der Waals surface area contributed by atoms with Crippen molar-refractivity contribution >= 4 is 11.9 Å². The average molecular weight is 264 g/mol. The summed E-state index contributed by atoms with van der Waals surface area (Å²) in [4.78, 5) is 7.55. The minimum atomic E-state index is 0.596. The number of hydrogen-bond donors (Lipinski definition) is 2. The molecule has 0 amide bonds. The summed E-state index contributed by atoms with van der Waals surface area (Å²) in [5.74, 6) is 5.29. The van der Waals surface area contributed by atoms with Crippen LogP contribution in [0.15, 0.2) is 29.4 Å². The molecule has 1 heterocycles. The van der Waals surface area contributed by atoms with Crippen LogP contribution < -0.4 is 11.3 Å². The minimum Gasteiger partial charge on any atom is -0.394 e. The Bertz CT molecular complexity index is 388. The molecular formula is C13H20N4O2. The molecule has 0 aromatic heterocycles. The Labute approximate surface area is 113 Å². The molecule has 19 heavy (non-hydrogen) atoms. The van der Waals surface area contributed by atoms with Gasteiger partial charge < -0.3 is 15.0 Å². The molecular weight excluding hydrogens is 244 g/mol. The number of benzene rings is 1. The van der Waals surface area contributed by atoms with Gasteiger partial charge in [-0.1, -0.05) is 17.3 Å². The molecule has 0 unspecified atom stereocenters. The van der Waals surface area contributed by atoms with Gasteiger partial charge in [0.1, 0.15) is 6.61 Å². The molecule has 0 aliphatic carbocycles. The highest BCUT2D eigenvalue weighted by Crippen LogP contribution is 2.06. The van der Waals surface area contributed by atoms with E-state index in [9.17, 15) is 0 Å². The molecule has 6 nitrogen and oxygen atoms in total. The summed E-state index contributed by atoms with van der Waals surface area (Å²) >= 11 is 0. The maximum absolute atomic E-state index is 5.29. The molecule has 1 aliphatic heterocycles. The van der Waals surface area contributed by atoms with E-state index in [2.05, 4.69) is 15.5 Å². The van der Waals surface area contributed by atoms with Crippen LogP contribution in [0, 0.1) is 0 Å². The van der Waals surface area contributed by atoms with Crippen molar-refractivity contribution in [2.24, 2.45) is 11.0 Å². The number of oxime groups is 1. The lowest BCUT2D eigenvalue weighted by Gasteiger charge is -2.25. The van der Waals surface area contributed by atoms with Crippen molar-refractivity contribution in [3.63, 3.8) is 0 Å². The monoisotopic (exact) mass is 264 g/mol. The molecule has 1 fully saturated rings. The zero-order chi connectivity index (χ0) is 13.3. The zero-order valence-corrected chi connectivity index (χ0v) is 10.9. The van der Waals surface area contributed by atoms with Gasteiger partial charge in [-0.25, -0.2) is 0 Å². The van der Waals surface area contributed by atoms with Crippen LogP contribution in [0.25, 0.3) is 0 Å². The van der Waals surface area contributed by atoms with Gasteiger partial charge in [0.25, 0.3) is 0 Å². The Morgan fingerprint density at radius 1 is 1.32 bits per heavy atom. The summed E-state index contributed by atoms with van der Waals surface area (Å²) in [6.45, 7) is 5.05. The normalized spacial score (nSPS) is 16.7. The fourth-order valence-corrected chi connectivity index (χ4v) is 1.81. The van der Waals surface area contributed by atoms with Crippen molar-refractivity contribution in [1.82, 2.24) is 4.90 Å². The molecule has 1 aliphatic rings. The maximum atomic E-state index is 5.29. The first-order valence-corrected chi connectivity index (χ1v) is 6.40. The molecule has 0 radical (unpaired) electrons. The van der Waals surface area contributed by atoms with Crippen LogP contribution in [0.3, 0.4) is 0 Å². The summed E-state index contributed by atoms with van der Waals surface area (Å²) in [5, 5.41) is 3.95. The van der Waals surface area contributed by atoms with E-state index >= 15 is 0 Å². The van der Waals surface area contributed by atoms with E-state index in [0.29, 0.717) is 6.61 Å². The van der Waals surface area contributed by atoms with Gasteiger partial charge in [-0.2, -0.15) is 0 Å². The maximum Gasteiger partial charge on any atom is 0.129 e. The highest BCUT2D eigenvalue weighted by Gasteiger charge is 2.09. The summed E-state index contributed by atoms with van der Waals surface area (Å²) in [6, 6.07) is 7.61. The fraction of sp³-hybridized carbons (Fsp3) is 0.462. The second-order valence-electron chi connectivity index (χ2n) is 4.29. The van der Waals surface area contributed by atoms with Gasteiger partial charge in [-0.3, -0.25) is 10.7 Å². The van der Waals surface area contributed by atoms with E-state index in [1.54, 1.807) is 6.21 Å². The van der Waals surface area contributed by atoms with Crippen LogP contribution in [0.5, 0.6) is 0 Å². The molecule has 1 aromatic carbocycles. The third-order valence-electron chi connectivity index (χ3n) is 2.96. The van der Waals surface area contributed by atoms with E-state index in [-0.39, 0.29) is 0 Å². The fourth-order valence-electron chi connectivity index (χ4n) is 1.81. The Morgan fingerprint density at radius 2 is 2.05 bits per heavy atom. The van der Waals surface area contributed by atoms with E-state index in [1.807, 2.05) is 24.3 Å². The number of anilines is 1. The summed E-state index contributed by atoms with van der Waals surface area (Å²) in [5.41, 5.74) is 4.42. The largest absolute Gasteiger partial charge is 0.394 e. The number of nitrogens with zero attached hydrogens (tertiary/aromatic N) is 2. The average Bonchev–Trinajstić information content (AvgIpc) is 2.49. The van der Waals surface area contributed by atoms with Crippen molar-refractivity contribution in [2.45, 2.75) is 0 Å². The Balaban J connectivity index is 1.65. The topological polar surface area (TPSA) is 72.1 Å². The molecule has 104 valence electrons. The van der Waals surface area contributed by atoms with Gasteiger partial charge in [0.2, 0.25) is 0 Å². The Kier molecular flexibility index (Phi) is 5.61. The van der Waals surface area contributed by atoms with Crippen LogP contribution in [-0.2, 0) is 9.57 Å². The first-order chi connectivity index (χ1) is 9.38. The molecule has 2 rings (SSSR count). The lowest BCUT2D eigenvalue weighted by atomic mass is 10.2. The van der Waals surface area contributed by atoms with E-state index in [0.717, 1.165) is 44.1 Å². The molecule has 0 bridgehead atoms. The SMILES string of the molecule is NNc1ccc(C=NOCCN2CCOCC2)cc1. The van der Waals surface area contributed by atoms with Crippen LogP contribution >= 0.6 is 0 Å². The van der Waals surface area contributed by atoms with Crippen molar-refractivity contribution in [2.75, 3.05) is 44.9 Å². The first kappa shape index (κ1) is 13.8. The smallest absolute Gasteiger partial charge is 0.129 e. The number of rotatable bonds is 6. The van der Waals surface area contributed by atoms with Gasteiger partial charge in [-0.05, 0) is 17.7 Å². The molecule has 0 saturated carbocycles. The lowest BCUT2D eigenvalue weighted by Crippen LogP contribution is -2.38. The number of ether oxygens (including phenoxy) is 1. The minimum absolute atomic E-state index is 0.596. The summed E-state index contributed by atoms with van der Waals surface area (Å²) in [6.07, 6.45) is 1.69. The highest BCUT2D eigenvalue weighted by molar-refractivity contribution is 5.79. The van der Waals surface area contributed by atoms with E-state index < -0.39 is 0 Å². The molecule has 3 N–H and O–H groups in total. The molecule has 1 saturated heterocycles. The first-order valence-electron chi connectivity index (χ1n) is 6.40. The number of nitrogens with two attached hydrogens (primary N) is 1. The van der Waals surface area contributed by atoms with Crippen molar-refractivity contribution in [3.8, 4) is 0 Å². The highest BCUT2D eigenvalue weighted by atomic mass is 16.6. The van der Waals surface area contributed by atoms with E-state index in [1.165, 1.54) is 0 Å². The third-order valence-corrected chi connectivity index (χ3v) is 2.96. The third kappa shape index (κ3) is 4.86. The van der Waals surface area contributed by atoms with Crippen molar-refractivity contribution < 1.29 is 9.57 Å². The number of nitrogen functional groups attached to an aromatic ring is 1. The number of nitrogens with one attached hydrogen (secondary N) is 1. The second kappa shape index (κ2) is 7.73. The predicted molar refractivity (Wildman–Crippen MR) is 75.1 cm³/mol. The van der Waals surface area contributed by atoms with Crippen LogP contribution in [0.2, 0.25) is 0 Å². The van der Waals surface area contributed by atoms with Crippen LogP contribution in [0.4, 0.5) is 5.69 Å². The van der Waals surface area contributed by atoms with Crippen LogP contribution in [0.1, 0.15) is 5.56 Å². The van der Waals surface area contributed by atoms with Gasteiger partial charge >= 0.3 is 0 Å². The van der Waals surface area contributed by atoms with Gasteiger partial charge in [0.05, 0.1) is 19.4 Å². The summed E-state index contributed by atoms with van der Waals surface area (Å²) in [7, 11) is 0. The Hall–Kier alpha value is -1.63. The van der Waals surface area contributed by atoms with Gasteiger partial charge in [-0.15, -0.1) is 0 Å². The van der Waals surface area contributed by atoms with Gasteiger partial charge in [0, 0.05) is 25.3 Å². The zero-order valence-electron chi connectivity index (χ0n) is 10.9. The number of morpholine rings is 1. The molecule has 1 aromatic rings. The predicted octanol–water partition coefficient (Wildman–Crippen LogP) is 0.655. The Morgan fingerprint density at radius 3 is 2.74 bits per heavy atom. The van der Waals surface area contributed by atoms with Gasteiger partial charge in [0.15, 0.2) is 0 Å². The van der Waals surface area contributed by atoms with E-state index in [4.69, 9.17) is 15.4 Å². The lowest BCUT2D eigenvalue weighted by molar-refractivity contribution is 0.0214. The number of hydrogen-bond acceptors (Lipinski definition) is 6. The quantitative estimate of drug-likeness (QED) is 0.342. The summed E-state index contributed by atoms with van der Waals surface area (Å²) < 4.78 is 5.28. The van der Waals surface area contributed by atoms with Crippen LogP contribution in [-0.4, -0.2) is 50.6 Å². The van der Waals surface area contributed by atoms with Crippen molar-refractivity contribution in [3.05, 3.63) is 29.8 Å². The molecule has 0 spiro atoms. The van der Waals surface area contributed by atoms with Crippen molar-refractivity contribution in [1.29, 1.82) is 0 Å². The number of hydrazine groups is 1. The molecule has 6 heteroatoms. The molecule has 0 atom stereocenters. The standard InChI is InChI=1S/C13H20N4O2/c14-16-13-3-1-12(2-4-13)11-15-19-10-7-17-5-8-18-9-6-17/h1-4,11,16H,5-10,14H2.